The van der Waals surface area contributed by atoms with Crippen LogP contribution in [-0.4, -0.2) is 19.8 Å². The first-order valence-corrected chi connectivity index (χ1v) is 2.99. The summed E-state index contributed by atoms with van der Waals surface area (Å²) in [5.41, 5.74) is 1.96. The first-order valence-electron chi connectivity index (χ1n) is 2.99. The maximum absolute atomic E-state index is 4.04. The molecule has 2 heterocycles. The Bertz CT molecular complexity index is 351. The van der Waals surface area contributed by atoms with Gasteiger partial charge < -0.3 is 0 Å². The molecule has 50 valence electrons. The lowest BCUT2D eigenvalue weighted by molar-refractivity contribution is 0.829. The first-order chi connectivity index (χ1) is 4.86. The average Bonchev–Trinajstić information content (AvgIpc) is 2.33. The fourth-order valence-corrected chi connectivity index (χ4v) is 0.842. The van der Waals surface area contributed by atoms with Gasteiger partial charge in [0.05, 0.1) is 11.7 Å². The molecule has 0 saturated carbocycles. The number of fused-ring (bicyclic) bond motifs is 1. The zero-order valence-electron chi connectivity index (χ0n) is 5.52. The van der Waals surface area contributed by atoms with Gasteiger partial charge in [-0.3, -0.25) is 0 Å². The molecule has 0 aliphatic heterocycles. The van der Waals surface area contributed by atoms with Gasteiger partial charge in [-0.25, -0.2) is 9.50 Å². The Morgan fingerprint density at radius 1 is 1.50 bits per heavy atom. The van der Waals surface area contributed by atoms with Crippen LogP contribution in [0.5, 0.6) is 0 Å². The molecule has 0 spiro atoms. The summed E-state index contributed by atoms with van der Waals surface area (Å²) >= 11 is 0. The average molecular weight is 134 g/mol. The lowest BCUT2D eigenvalue weighted by Crippen LogP contribution is -1.89. The van der Waals surface area contributed by atoms with E-state index in [1.54, 1.807) is 17.0 Å². The highest BCUT2D eigenvalue weighted by Gasteiger charge is 1.92. The molecule has 4 heteroatoms. The van der Waals surface area contributed by atoms with Crippen molar-refractivity contribution in [1.82, 2.24) is 19.8 Å². The van der Waals surface area contributed by atoms with Crippen molar-refractivity contribution in [2.75, 3.05) is 0 Å². The number of aryl methyl sites for hydroxylation is 1. The van der Waals surface area contributed by atoms with E-state index < -0.39 is 0 Å². The monoisotopic (exact) mass is 134 g/mol. The summed E-state index contributed by atoms with van der Waals surface area (Å²) in [6.45, 7) is 1.94. The SMILES string of the molecule is Cc1cc2cnnn2cn1. The molecule has 0 radical (unpaired) electrons. The van der Waals surface area contributed by atoms with Gasteiger partial charge in [-0.15, -0.1) is 5.10 Å². The maximum atomic E-state index is 4.04. The second-order valence-electron chi connectivity index (χ2n) is 2.13. The molecule has 10 heavy (non-hydrogen) atoms. The summed E-state index contributed by atoms with van der Waals surface area (Å²) < 4.78 is 1.63. The van der Waals surface area contributed by atoms with E-state index in [0.717, 1.165) is 11.2 Å². The van der Waals surface area contributed by atoms with Crippen LogP contribution >= 0.6 is 0 Å². The van der Waals surface area contributed by atoms with Crippen LogP contribution in [0.25, 0.3) is 5.52 Å². The van der Waals surface area contributed by atoms with Crippen LogP contribution in [-0.2, 0) is 0 Å². The molecular formula is C6H6N4. The van der Waals surface area contributed by atoms with E-state index >= 15 is 0 Å². The van der Waals surface area contributed by atoms with Crippen LogP contribution in [0.1, 0.15) is 5.69 Å². The van der Waals surface area contributed by atoms with Crippen LogP contribution in [0, 0.1) is 6.92 Å². The third-order valence-electron chi connectivity index (χ3n) is 1.33. The smallest absolute Gasteiger partial charge is 0.119 e. The first kappa shape index (κ1) is 5.34. The number of hydrogen-bond acceptors (Lipinski definition) is 3. The Labute approximate surface area is 57.5 Å². The fourth-order valence-electron chi connectivity index (χ4n) is 0.842. The Balaban J connectivity index is 2.86. The highest BCUT2D eigenvalue weighted by Crippen LogP contribution is 1.98. The van der Waals surface area contributed by atoms with Gasteiger partial charge in [0.1, 0.15) is 6.33 Å². The van der Waals surface area contributed by atoms with E-state index in [1.165, 1.54) is 0 Å². The molecule has 0 aliphatic rings. The van der Waals surface area contributed by atoms with Crippen LogP contribution in [0.2, 0.25) is 0 Å². The van der Waals surface area contributed by atoms with Crippen molar-refractivity contribution in [3.63, 3.8) is 0 Å². The predicted molar refractivity (Wildman–Crippen MR) is 35.5 cm³/mol. The largest absolute Gasteiger partial charge is 0.242 e. The van der Waals surface area contributed by atoms with Crippen molar-refractivity contribution in [1.29, 1.82) is 0 Å². The molecule has 0 saturated heterocycles. The zero-order chi connectivity index (χ0) is 6.97. The van der Waals surface area contributed by atoms with Gasteiger partial charge in [0.25, 0.3) is 0 Å². The molecule has 4 nitrogen and oxygen atoms in total. The van der Waals surface area contributed by atoms with Gasteiger partial charge in [0.2, 0.25) is 0 Å². The topological polar surface area (TPSA) is 43.1 Å². The van der Waals surface area contributed by atoms with E-state index in [1.807, 2.05) is 13.0 Å². The minimum absolute atomic E-state index is 0.979. The van der Waals surface area contributed by atoms with Crippen molar-refractivity contribution in [3.8, 4) is 0 Å². The highest BCUT2D eigenvalue weighted by atomic mass is 15.4. The molecule has 2 aromatic rings. The maximum Gasteiger partial charge on any atom is 0.119 e. The van der Waals surface area contributed by atoms with Gasteiger partial charge >= 0.3 is 0 Å². The van der Waals surface area contributed by atoms with Gasteiger partial charge in [0, 0.05) is 5.69 Å². The van der Waals surface area contributed by atoms with Gasteiger partial charge in [-0.05, 0) is 13.0 Å². The van der Waals surface area contributed by atoms with Crippen molar-refractivity contribution < 1.29 is 0 Å². The Morgan fingerprint density at radius 3 is 3.30 bits per heavy atom. The quantitative estimate of drug-likeness (QED) is 0.524. The molecule has 0 amide bonds. The van der Waals surface area contributed by atoms with Gasteiger partial charge in [-0.2, -0.15) is 0 Å². The summed E-state index contributed by atoms with van der Waals surface area (Å²) in [7, 11) is 0. The summed E-state index contributed by atoms with van der Waals surface area (Å²) in [5.74, 6) is 0. The van der Waals surface area contributed by atoms with Crippen molar-refractivity contribution in [2.24, 2.45) is 0 Å². The molecule has 0 aliphatic carbocycles. The van der Waals surface area contributed by atoms with E-state index in [9.17, 15) is 0 Å². The minimum Gasteiger partial charge on any atom is -0.242 e. The molecular weight excluding hydrogens is 128 g/mol. The van der Waals surface area contributed by atoms with Gasteiger partial charge in [0.15, 0.2) is 0 Å². The van der Waals surface area contributed by atoms with E-state index in [4.69, 9.17) is 0 Å². The summed E-state index contributed by atoms with van der Waals surface area (Å²) in [6.07, 6.45) is 3.35. The third-order valence-corrected chi connectivity index (χ3v) is 1.33. The van der Waals surface area contributed by atoms with Crippen LogP contribution in [0.3, 0.4) is 0 Å². The number of nitrogens with zero attached hydrogens (tertiary/aromatic N) is 4. The van der Waals surface area contributed by atoms with Crippen molar-refractivity contribution >= 4 is 5.52 Å². The molecule has 0 bridgehead atoms. The molecule has 0 N–H and O–H groups in total. The van der Waals surface area contributed by atoms with Crippen LogP contribution in [0.4, 0.5) is 0 Å². The molecule has 2 rings (SSSR count). The van der Waals surface area contributed by atoms with Crippen LogP contribution < -0.4 is 0 Å². The fraction of sp³-hybridized carbons (Fsp3) is 0.167. The number of hydrogen-bond donors (Lipinski definition) is 0. The van der Waals surface area contributed by atoms with Crippen molar-refractivity contribution in [2.45, 2.75) is 6.92 Å². The molecule has 0 atom stereocenters. The predicted octanol–water partition coefficient (Wildman–Crippen LogP) is 0.433. The number of rotatable bonds is 0. The highest BCUT2D eigenvalue weighted by molar-refractivity contribution is 5.42. The van der Waals surface area contributed by atoms with E-state index in [0.29, 0.717) is 0 Å². The number of aromatic nitrogens is 4. The molecule has 0 unspecified atom stereocenters. The summed E-state index contributed by atoms with van der Waals surface area (Å²) in [6, 6.07) is 1.93. The molecule has 0 aromatic carbocycles. The molecule has 2 aromatic heterocycles. The normalized spacial score (nSPS) is 10.5. The lowest BCUT2D eigenvalue weighted by atomic mass is 10.4. The minimum atomic E-state index is 0.979. The standard InChI is InChI=1S/C6H6N4/c1-5-2-6-3-8-9-10(6)4-7-5/h2-4H,1H3. The Kier molecular flexibility index (Phi) is 0.943. The summed E-state index contributed by atoms with van der Waals surface area (Å²) in [5, 5.41) is 7.48. The second kappa shape index (κ2) is 1.76. The Morgan fingerprint density at radius 2 is 2.40 bits per heavy atom. The Hall–Kier alpha value is -1.45. The van der Waals surface area contributed by atoms with Gasteiger partial charge in [-0.1, -0.05) is 5.21 Å². The second-order valence-corrected chi connectivity index (χ2v) is 2.13. The zero-order valence-corrected chi connectivity index (χ0v) is 5.52. The third kappa shape index (κ3) is 0.655. The lowest BCUT2D eigenvalue weighted by Gasteiger charge is -1.90. The summed E-state index contributed by atoms with van der Waals surface area (Å²) in [4.78, 5) is 4.04. The van der Waals surface area contributed by atoms with E-state index in [2.05, 4.69) is 15.3 Å². The molecule has 0 fully saturated rings. The van der Waals surface area contributed by atoms with Crippen LogP contribution in [0.15, 0.2) is 18.6 Å². The van der Waals surface area contributed by atoms with Crippen molar-refractivity contribution in [3.05, 3.63) is 24.3 Å². The van der Waals surface area contributed by atoms with E-state index in [-0.39, 0.29) is 0 Å².